The summed E-state index contributed by atoms with van der Waals surface area (Å²) in [6.07, 6.45) is 6.92. The molecule has 1 aromatic rings. The Labute approximate surface area is 77.6 Å². The minimum atomic E-state index is 0.579. The molecular formula is C9H14N4. The molecule has 0 radical (unpaired) electrons. The van der Waals surface area contributed by atoms with Crippen molar-refractivity contribution in [1.82, 2.24) is 20.2 Å². The second-order valence-corrected chi connectivity index (χ2v) is 3.49. The van der Waals surface area contributed by atoms with E-state index in [1.165, 1.54) is 25.7 Å². The zero-order valence-corrected chi connectivity index (χ0v) is 7.69. The first-order chi connectivity index (χ1) is 6.42. The zero-order chi connectivity index (χ0) is 9.10. The molecule has 0 N–H and O–H groups in total. The van der Waals surface area contributed by atoms with E-state index in [1.54, 1.807) is 0 Å². The molecular weight excluding hydrogens is 164 g/mol. The predicted molar refractivity (Wildman–Crippen MR) is 49.2 cm³/mol. The molecule has 2 rings (SSSR count). The van der Waals surface area contributed by atoms with Crippen molar-refractivity contribution >= 4 is 0 Å². The molecule has 1 aromatic heterocycles. The van der Waals surface area contributed by atoms with Gasteiger partial charge in [-0.3, -0.25) is 0 Å². The molecule has 0 aromatic carbocycles. The Balaban J connectivity index is 2.17. The Kier molecular flexibility index (Phi) is 2.38. The minimum Gasteiger partial charge on any atom is -0.226 e. The highest BCUT2D eigenvalue weighted by molar-refractivity contribution is 4.97. The lowest BCUT2D eigenvalue weighted by molar-refractivity contribution is 0.572. The van der Waals surface area contributed by atoms with Crippen molar-refractivity contribution < 1.29 is 0 Å². The van der Waals surface area contributed by atoms with Gasteiger partial charge in [-0.05, 0) is 23.3 Å². The number of tetrazole rings is 1. The van der Waals surface area contributed by atoms with Crippen molar-refractivity contribution in [2.24, 2.45) is 0 Å². The first-order valence-corrected chi connectivity index (χ1v) is 4.79. The summed E-state index contributed by atoms with van der Waals surface area (Å²) in [5, 5.41) is 11.7. The second-order valence-electron chi connectivity index (χ2n) is 3.49. The van der Waals surface area contributed by atoms with E-state index < -0.39 is 0 Å². The van der Waals surface area contributed by atoms with Crippen LogP contribution in [0.25, 0.3) is 0 Å². The average molecular weight is 178 g/mol. The quantitative estimate of drug-likeness (QED) is 0.659. The molecule has 1 fully saturated rings. The topological polar surface area (TPSA) is 43.6 Å². The summed E-state index contributed by atoms with van der Waals surface area (Å²) in [6.45, 7) is 4.41. The van der Waals surface area contributed by atoms with Gasteiger partial charge < -0.3 is 0 Å². The van der Waals surface area contributed by atoms with Crippen LogP contribution >= 0.6 is 0 Å². The van der Waals surface area contributed by atoms with Crippen LogP contribution in [0, 0.1) is 0 Å². The molecule has 0 bridgehead atoms. The second kappa shape index (κ2) is 3.68. The summed E-state index contributed by atoms with van der Waals surface area (Å²) in [5.41, 5.74) is 0. The van der Waals surface area contributed by atoms with E-state index in [4.69, 9.17) is 0 Å². The number of rotatable bonds is 3. The highest BCUT2D eigenvalue weighted by atomic mass is 15.5. The van der Waals surface area contributed by atoms with E-state index in [9.17, 15) is 0 Å². The van der Waals surface area contributed by atoms with Gasteiger partial charge in [-0.1, -0.05) is 18.9 Å². The molecule has 4 heteroatoms. The Morgan fingerprint density at radius 1 is 1.46 bits per heavy atom. The van der Waals surface area contributed by atoms with Gasteiger partial charge in [-0.25, -0.2) is 4.68 Å². The summed E-state index contributed by atoms with van der Waals surface area (Å²) in [5.74, 6) is 1.62. The van der Waals surface area contributed by atoms with Crippen molar-refractivity contribution in [2.45, 2.75) is 38.1 Å². The molecule has 0 amide bonds. The van der Waals surface area contributed by atoms with Crippen molar-refractivity contribution in [3.63, 3.8) is 0 Å². The molecule has 0 saturated heterocycles. The Morgan fingerprint density at radius 2 is 2.23 bits per heavy atom. The third kappa shape index (κ3) is 1.61. The van der Waals surface area contributed by atoms with Crippen LogP contribution < -0.4 is 0 Å². The largest absolute Gasteiger partial charge is 0.226 e. The molecule has 13 heavy (non-hydrogen) atoms. The van der Waals surface area contributed by atoms with Crippen LogP contribution in [0.2, 0.25) is 0 Å². The highest BCUT2D eigenvalue weighted by Gasteiger charge is 2.22. The molecule has 1 aliphatic carbocycles. The molecule has 4 nitrogen and oxygen atoms in total. The third-order valence-electron chi connectivity index (χ3n) is 2.58. The standard InChI is InChI=1S/C9H14N4/c1-2-7-13-9(10-11-12-13)8-5-3-4-6-8/h2,8H,1,3-7H2. The summed E-state index contributed by atoms with van der Waals surface area (Å²) in [6, 6.07) is 0. The zero-order valence-electron chi connectivity index (χ0n) is 7.69. The van der Waals surface area contributed by atoms with E-state index in [0.717, 1.165) is 12.4 Å². The van der Waals surface area contributed by atoms with E-state index >= 15 is 0 Å². The van der Waals surface area contributed by atoms with E-state index in [-0.39, 0.29) is 0 Å². The van der Waals surface area contributed by atoms with Crippen molar-refractivity contribution in [2.75, 3.05) is 0 Å². The summed E-state index contributed by atoms with van der Waals surface area (Å²) in [4.78, 5) is 0. The monoisotopic (exact) mass is 178 g/mol. The number of hydrogen-bond acceptors (Lipinski definition) is 3. The molecule has 1 saturated carbocycles. The lowest BCUT2D eigenvalue weighted by atomic mass is 10.1. The van der Waals surface area contributed by atoms with Gasteiger partial charge in [0.1, 0.15) is 0 Å². The van der Waals surface area contributed by atoms with Gasteiger partial charge in [0.15, 0.2) is 5.82 Å². The predicted octanol–water partition coefficient (Wildman–Crippen LogP) is 1.52. The van der Waals surface area contributed by atoms with Crippen LogP contribution in [-0.2, 0) is 6.54 Å². The fourth-order valence-corrected chi connectivity index (χ4v) is 1.94. The first-order valence-electron chi connectivity index (χ1n) is 4.79. The van der Waals surface area contributed by atoms with Gasteiger partial charge in [-0.2, -0.15) is 0 Å². The van der Waals surface area contributed by atoms with E-state index in [1.807, 2.05) is 10.8 Å². The van der Waals surface area contributed by atoms with Crippen molar-refractivity contribution in [3.05, 3.63) is 18.5 Å². The lowest BCUT2D eigenvalue weighted by Crippen LogP contribution is -2.07. The molecule has 0 aliphatic heterocycles. The first kappa shape index (κ1) is 8.41. The Morgan fingerprint density at radius 3 is 2.92 bits per heavy atom. The van der Waals surface area contributed by atoms with Gasteiger partial charge in [0.2, 0.25) is 0 Å². The lowest BCUT2D eigenvalue weighted by Gasteiger charge is -2.06. The van der Waals surface area contributed by atoms with Crippen molar-refractivity contribution in [1.29, 1.82) is 0 Å². The number of hydrogen-bond donors (Lipinski definition) is 0. The van der Waals surface area contributed by atoms with Gasteiger partial charge >= 0.3 is 0 Å². The number of allylic oxidation sites excluding steroid dienone is 1. The molecule has 70 valence electrons. The SMILES string of the molecule is C=CCn1nnnc1C1CCCC1. The third-order valence-corrected chi connectivity index (χ3v) is 2.58. The number of aromatic nitrogens is 4. The van der Waals surface area contributed by atoms with Gasteiger partial charge in [0.05, 0.1) is 6.54 Å². The van der Waals surface area contributed by atoms with Crippen molar-refractivity contribution in [3.8, 4) is 0 Å². The molecule has 0 unspecified atom stereocenters. The van der Waals surface area contributed by atoms with Crippen LogP contribution in [0.3, 0.4) is 0 Å². The normalized spacial score (nSPS) is 17.8. The fourth-order valence-electron chi connectivity index (χ4n) is 1.94. The molecule has 1 aliphatic rings. The van der Waals surface area contributed by atoms with Crippen LogP contribution in [0.5, 0.6) is 0 Å². The van der Waals surface area contributed by atoms with Crippen LogP contribution in [0.15, 0.2) is 12.7 Å². The van der Waals surface area contributed by atoms with Crippen LogP contribution in [0.1, 0.15) is 37.4 Å². The average Bonchev–Trinajstić information content (AvgIpc) is 2.71. The van der Waals surface area contributed by atoms with Gasteiger partial charge in [0.25, 0.3) is 0 Å². The molecule has 0 atom stereocenters. The molecule has 0 spiro atoms. The summed E-state index contributed by atoms with van der Waals surface area (Å²) >= 11 is 0. The Bertz CT molecular complexity index is 286. The maximum Gasteiger partial charge on any atom is 0.154 e. The minimum absolute atomic E-state index is 0.579. The van der Waals surface area contributed by atoms with Gasteiger partial charge in [0, 0.05) is 5.92 Å². The van der Waals surface area contributed by atoms with E-state index in [0.29, 0.717) is 5.92 Å². The fraction of sp³-hybridized carbons (Fsp3) is 0.667. The van der Waals surface area contributed by atoms with Gasteiger partial charge in [-0.15, -0.1) is 11.7 Å². The van der Waals surface area contributed by atoms with Crippen LogP contribution in [0.4, 0.5) is 0 Å². The highest BCUT2D eigenvalue weighted by Crippen LogP contribution is 2.32. The molecule has 1 heterocycles. The number of nitrogens with zero attached hydrogens (tertiary/aromatic N) is 4. The summed E-state index contributed by atoms with van der Waals surface area (Å²) in [7, 11) is 0. The van der Waals surface area contributed by atoms with E-state index in [2.05, 4.69) is 22.1 Å². The Hall–Kier alpha value is -1.19. The summed E-state index contributed by atoms with van der Waals surface area (Å²) < 4.78 is 1.85. The van der Waals surface area contributed by atoms with Crippen LogP contribution in [-0.4, -0.2) is 20.2 Å². The maximum atomic E-state index is 4.07. The maximum absolute atomic E-state index is 4.07. The smallest absolute Gasteiger partial charge is 0.154 e.